The average molecular weight is 347 g/mol. The van der Waals surface area contributed by atoms with E-state index in [4.69, 9.17) is 9.47 Å². The molecular weight excluding hydrogens is 318 g/mol. The molecule has 0 saturated carbocycles. The fourth-order valence-electron chi connectivity index (χ4n) is 3.91. The highest BCUT2D eigenvalue weighted by molar-refractivity contribution is 5.97. The zero-order valence-corrected chi connectivity index (χ0v) is 15.3. The lowest BCUT2D eigenvalue weighted by Gasteiger charge is -2.48. The largest absolute Gasteiger partial charge is 0.493 e. The number of hydrogen-bond acceptors (Lipinski definition) is 4. The van der Waals surface area contributed by atoms with Gasteiger partial charge in [-0.2, -0.15) is 0 Å². The Morgan fingerprint density at radius 2 is 2.00 bits per heavy atom. The minimum absolute atomic E-state index is 0.0177. The van der Waals surface area contributed by atoms with Crippen molar-refractivity contribution in [1.82, 2.24) is 4.90 Å². The third-order valence-corrected chi connectivity index (χ3v) is 5.29. The molecule has 5 heteroatoms. The third kappa shape index (κ3) is 4.15. The van der Waals surface area contributed by atoms with Crippen LogP contribution in [0.3, 0.4) is 0 Å². The summed E-state index contributed by atoms with van der Waals surface area (Å²) in [5, 5.41) is 10.4. The van der Waals surface area contributed by atoms with Crippen LogP contribution in [0.2, 0.25) is 0 Å². The zero-order chi connectivity index (χ0) is 17.9. The molecule has 25 heavy (non-hydrogen) atoms. The molecule has 0 aliphatic carbocycles. The van der Waals surface area contributed by atoms with E-state index in [2.05, 4.69) is 0 Å². The van der Waals surface area contributed by atoms with Gasteiger partial charge in [0.05, 0.1) is 30.0 Å². The lowest BCUT2D eigenvalue weighted by atomic mass is 9.78. The van der Waals surface area contributed by atoms with Gasteiger partial charge in [-0.25, -0.2) is 0 Å². The molecule has 3 rings (SSSR count). The Morgan fingerprint density at radius 3 is 2.68 bits per heavy atom. The van der Waals surface area contributed by atoms with E-state index >= 15 is 0 Å². The number of benzene rings is 1. The van der Waals surface area contributed by atoms with E-state index < -0.39 is 5.60 Å². The molecule has 2 aliphatic heterocycles. The second-order valence-corrected chi connectivity index (χ2v) is 7.59. The number of hydrogen-bond donors (Lipinski definition) is 1. The van der Waals surface area contributed by atoms with Crippen molar-refractivity contribution >= 4 is 5.91 Å². The number of carbonyl (C=O) groups excluding carboxylic acids is 1. The standard InChI is InChI=1S/C20H29NO4/c1-3-13-24-17-7-5-4-6-16(17)18(22)21-11-8-20(9-12-21)15-19(2,23)10-14-25-20/h4-7,23H,3,8-15H2,1-2H3. The first kappa shape index (κ1) is 18.2. The molecule has 1 atom stereocenters. The molecule has 1 aromatic carbocycles. The predicted octanol–water partition coefficient (Wildman–Crippen LogP) is 3.01. The summed E-state index contributed by atoms with van der Waals surface area (Å²) in [6.07, 6.45) is 3.78. The quantitative estimate of drug-likeness (QED) is 0.910. The Morgan fingerprint density at radius 1 is 1.28 bits per heavy atom. The van der Waals surface area contributed by atoms with Crippen molar-refractivity contribution in [3.05, 3.63) is 29.8 Å². The SMILES string of the molecule is CCCOc1ccccc1C(=O)N1CCC2(CC1)CC(C)(O)CCO2. The number of amides is 1. The molecule has 1 unspecified atom stereocenters. The van der Waals surface area contributed by atoms with Crippen LogP contribution in [0.5, 0.6) is 5.75 Å². The molecule has 0 bridgehead atoms. The van der Waals surface area contributed by atoms with Gasteiger partial charge in [0.15, 0.2) is 0 Å². The average Bonchev–Trinajstić information content (AvgIpc) is 2.59. The minimum Gasteiger partial charge on any atom is -0.493 e. The first-order chi connectivity index (χ1) is 11.9. The number of rotatable bonds is 4. The van der Waals surface area contributed by atoms with Crippen LogP contribution in [0.15, 0.2) is 24.3 Å². The molecule has 0 radical (unpaired) electrons. The summed E-state index contributed by atoms with van der Waals surface area (Å²) in [4.78, 5) is 14.8. The molecule has 1 N–H and O–H groups in total. The van der Waals surface area contributed by atoms with Crippen molar-refractivity contribution in [3.63, 3.8) is 0 Å². The van der Waals surface area contributed by atoms with Gasteiger partial charge in [-0.1, -0.05) is 19.1 Å². The number of aliphatic hydroxyl groups is 1. The van der Waals surface area contributed by atoms with E-state index in [0.29, 0.717) is 50.5 Å². The highest BCUT2D eigenvalue weighted by Gasteiger charge is 2.45. The van der Waals surface area contributed by atoms with Gasteiger partial charge >= 0.3 is 0 Å². The molecule has 1 amide bonds. The summed E-state index contributed by atoms with van der Waals surface area (Å²) < 4.78 is 11.8. The Hall–Kier alpha value is -1.59. The van der Waals surface area contributed by atoms with Crippen LogP contribution < -0.4 is 4.74 Å². The van der Waals surface area contributed by atoms with E-state index in [9.17, 15) is 9.90 Å². The van der Waals surface area contributed by atoms with E-state index in [-0.39, 0.29) is 11.5 Å². The van der Waals surface area contributed by atoms with Gasteiger partial charge in [-0.15, -0.1) is 0 Å². The van der Waals surface area contributed by atoms with Crippen LogP contribution in [0.4, 0.5) is 0 Å². The Labute approximate surface area is 149 Å². The first-order valence-electron chi connectivity index (χ1n) is 9.32. The molecule has 5 nitrogen and oxygen atoms in total. The number of likely N-dealkylation sites (tertiary alicyclic amines) is 1. The maximum absolute atomic E-state index is 12.9. The molecule has 138 valence electrons. The summed E-state index contributed by atoms with van der Waals surface area (Å²) in [5.41, 5.74) is -0.314. The van der Waals surface area contributed by atoms with Gasteiger partial charge < -0.3 is 19.5 Å². The Bertz CT molecular complexity index is 605. The number of ether oxygens (including phenoxy) is 2. The molecule has 1 aromatic rings. The van der Waals surface area contributed by atoms with E-state index in [1.165, 1.54) is 0 Å². The van der Waals surface area contributed by atoms with Crippen LogP contribution in [0.25, 0.3) is 0 Å². The molecule has 0 aromatic heterocycles. The smallest absolute Gasteiger partial charge is 0.257 e. The fourth-order valence-corrected chi connectivity index (χ4v) is 3.91. The van der Waals surface area contributed by atoms with Gasteiger partial charge in [-0.3, -0.25) is 4.79 Å². The fraction of sp³-hybridized carbons (Fsp3) is 0.650. The highest BCUT2D eigenvalue weighted by Crippen LogP contribution is 2.39. The van der Waals surface area contributed by atoms with Gasteiger partial charge in [-0.05, 0) is 44.7 Å². The summed E-state index contributed by atoms with van der Waals surface area (Å²) in [6, 6.07) is 7.46. The molecule has 2 fully saturated rings. The zero-order valence-electron chi connectivity index (χ0n) is 15.3. The second-order valence-electron chi connectivity index (χ2n) is 7.59. The molecule has 2 aliphatic rings. The third-order valence-electron chi connectivity index (χ3n) is 5.29. The van der Waals surface area contributed by atoms with Crippen molar-refractivity contribution in [2.75, 3.05) is 26.3 Å². The molecule has 2 heterocycles. The van der Waals surface area contributed by atoms with Crippen LogP contribution in [0, 0.1) is 0 Å². The van der Waals surface area contributed by atoms with Crippen LogP contribution in [0.1, 0.15) is 56.3 Å². The lowest BCUT2D eigenvalue weighted by Crippen LogP contribution is -2.54. The number of para-hydroxylation sites is 1. The van der Waals surface area contributed by atoms with E-state index in [1.54, 1.807) is 0 Å². The van der Waals surface area contributed by atoms with E-state index in [0.717, 1.165) is 19.3 Å². The monoisotopic (exact) mass is 347 g/mol. The minimum atomic E-state index is -0.662. The number of nitrogens with zero attached hydrogens (tertiary/aromatic N) is 1. The Kier molecular flexibility index (Phi) is 5.35. The van der Waals surface area contributed by atoms with Crippen LogP contribution >= 0.6 is 0 Å². The Balaban J connectivity index is 1.66. The van der Waals surface area contributed by atoms with E-state index in [1.807, 2.05) is 43.0 Å². The van der Waals surface area contributed by atoms with Crippen molar-refractivity contribution in [3.8, 4) is 5.75 Å². The van der Waals surface area contributed by atoms with Crippen LogP contribution in [-0.4, -0.2) is 53.4 Å². The highest BCUT2D eigenvalue weighted by atomic mass is 16.5. The second kappa shape index (κ2) is 7.34. The summed E-state index contributed by atoms with van der Waals surface area (Å²) >= 11 is 0. The topological polar surface area (TPSA) is 59.0 Å². The van der Waals surface area contributed by atoms with Gasteiger partial charge in [0.25, 0.3) is 5.91 Å². The van der Waals surface area contributed by atoms with Crippen molar-refractivity contribution < 1.29 is 19.4 Å². The van der Waals surface area contributed by atoms with Gasteiger partial charge in [0.1, 0.15) is 5.75 Å². The maximum atomic E-state index is 12.9. The van der Waals surface area contributed by atoms with Gasteiger partial charge in [0, 0.05) is 19.5 Å². The maximum Gasteiger partial charge on any atom is 0.257 e. The number of piperidine rings is 1. The normalized spacial score (nSPS) is 25.8. The number of carbonyl (C=O) groups is 1. The summed E-state index contributed by atoms with van der Waals surface area (Å²) in [6.45, 7) is 6.43. The lowest BCUT2D eigenvalue weighted by molar-refractivity contribution is -0.170. The van der Waals surface area contributed by atoms with Crippen molar-refractivity contribution in [1.29, 1.82) is 0 Å². The van der Waals surface area contributed by atoms with Gasteiger partial charge in [0.2, 0.25) is 0 Å². The first-order valence-corrected chi connectivity index (χ1v) is 9.32. The summed E-state index contributed by atoms with van der Waals surface area (Å²) in [5.74, 6) is 0.676. The molecule has 1 spiro atoms. The molecule has 2 saturated heterocycles. The molecular formula is C20H29NO4. The van der Waals surface area contributed by atoms with Crippen LogP contribution in [-0.2, 0) is 4.74 Å². The van der Waals surface area contributed by atoms with Crippen molar-refractivity contribution in [2.24, 2.45) is 0 Å². The van der Waals surface area contributed by atoms with Crippen molar-refractivity contribution in [2.45, 2.75) is 57.2 Å². The predicted molar refractivity (Wildman–Crippen MR) is 95.9 cm³/mol. The summed E-state index contributed by atoms with van der Waals surface area (Å²) in [7, 11) is 0.